The van der Waals surface area contributed by atoms with Gasteiger partial charge in [-0.25, -0.2) is 9.97 Å². The molecular formula is C12H17N3S2. The summed E-state index contributed by atoms with van der Waals surface area (Å²) >= 11 is 3.56. The number of hydrogen-bond donors (Lipinski definition) is 1. The van der Waals surface area contributed by atoms with Crippen molar-refractivity contribution < 1.29 is 0 Å². The Kier molecular flexibility index (Phi) is 3.89. The van der Waals surface area contributed by atoms with Crippen LogP contribution >= 0.6 is 23.1 Å². The van der Waals surface area contributed by atoms with Gasteiger partial charge >= 0.3 is 0 Å². The number of nitrogen functional groups attached to an aromatic ring is 1. The standard InChI is InChI=1S/C12H17N3S2/c1-4-8-5-9-11(13)14-10(6-16-7(2)3)15-12(9)17-8/h5,7H,4,6H2,1-3H3,(H2,13,14,15). The molecule has 3 nitrogen and oxygen atoms in total. The van der Waals surface area contributed by atoms with E-state index in [1.165, 1.54) is 4.88 Å². The fraction of sp³-hybridized carbons (Fsp3) is 0.500. The lowest BCUT2D eigenvalue weighted by Gasteiger charge is -2.04. The Balaban J connectivity index is 2.33. The molecule has 2 heterocycles. The third-order valence-electron chi connectivity index (χ3n) is 2.41. The predicted octanol–water partition coefficient (Wildman–Crippen LogP) is 3.48. The van der Waals surface area contributed by atoms with Crippen molar-refractivity contribution in [3.05, 3.63) is 16.8 Å². The fourth-order valence-electron chi connectivity index (χ4n) is 1.52. The predicted molar refractivity (Wildman–Crippen MR) is 77.6 cm³/mol. The second kappa shape index (κ2) is 5.23. The Bertz CT molecular complexity index is 520. The van der Waals surface area contributed by atoms with E-state index in [-0.39, 0.29) is 0 Å². The Morgan fingerprint density at radius 1 is 1.41 bits per heavy atom. The summed E-state index contributed by atoms with van der Waals surface area (Å²) in [7, 11) is 0. The quantitative estimate of drug-likeness (QED) is 0.921. The number of aryl methyl sites for hydroxylation is 1. The molecule has 0 aromatic carbocycles. The highest BCUT2D eigenvalue weighted by Crippen LogP contribution is 2.28. The molecule has 0 bridgehead atoms. The molecule has 0 aliphatic carbocycles. The molecule has 0 fully saturated rings. The van der Waals surface area contributed by atoms with Crippen LogP contribution < -0.4 is 5.73 Å². The lowest BCUT2D eigenvalue weighted by Crippen LogP contribution is -1.99. The smallest absolute Gasteiger partial charge is 0.142 e. The maximum absolute atomic E-state index is 5.98. The lowest BCUT2D eigenvalue weighted by atomic mass is 10.3. The van der Waals surface area contributed by atoms with Crippen molar-refractivity contribution in [3.8, 4) is 0 Å². The number of thiophene rings is 1. The van der Waals surface area contributed by atoms with Gasteiger partial charge in [0.25, 0.3) is 0 Å². The monoisotopic (exact) mass is 267 g/mol. The minimum absolute atomic E-state index is 0.588. The minimum Gasteiger partial charge on any atom is -0.383 e. The summed E-state index contributed by atoms with van der Waals surface area (Å²) in [5.41, 5.74) is 5.98. The van der Waals surface area contributed by atoms with Crippen LogP contribution in [-0.4, -0.2) is 15.2 Å². The highest BCUT2D eigenvalue weighted by atomic mass is 32.2. The van der Waals surface area contributed by atoms with E-state index in [1.54, 1.807) is 11.3 Å². The first kappa shape index (κ1) is 12.6. The van der Waals surface area contributed by atoms with Gasteiger partial charge in [-0.1, -0.05) is 20.8 Å². The Labute approximate surface area is 110 Å². The third-order valence-corrected chi connectivity index (χ3v) is 4.68. The summed E-state index contributed by atoms with van der Waals surface area (Å²) in [6, 6.07) is 2.11. The van der Waals surface area contributed by atoms with Gasteiger partial charge in [0, 0.05) is 4.88 Å². The topological polar surface area (TPSA) is 51.8 Å². The zero-order valence-corrected chi connectivity index (χ0v) is 12.0. The molecule has 17 heavy (non-hydrogen) atoms. The van der Waals surface area contributed by atoms with E-state index in [9.17, 15) is 0 Å². The Morgan fingerprint density at radius 3 is 2.82 bits per heavy atom. The van der Waals surface area contributed by atoms with Gasteiger partial charge < -0.3 is 5.73 Å². The molecule has 0 spiro atoms. The van der Waals surface area contributed by atoms with Crippen LogP contribution in [0.15, 0.2) is 6.07 Å². The normalized spacial score (nSPS) is 11.5. The first-order valence-corrected chi connectivity index (χ1v) is 7.63. The van der Waals surface area contributed by atoms with Gasteiger partial charge in [0.1, 0.15) is 16.5 Å². The van der Waals surface area contributed by atoms with Crippen LogP contribution in [0, 0.1) is 0 Å². The van der Waals surface area contributed by atoms with Crippen molar-refractivity contribution in [2.75, 3.05) is 5.73 Å². The van der Waals surface area contributed by atoms with Crippen LogP contribution in [0.5, 0.6) is 0 Å². The highest BCUT2D eigenvalue weighted by molar-refractivity contribution is 7.99. The zero-order valence-electron chi connectivity index (χ0n) is 10.4. The summed E-state index contributed by atoms with van der Waals surface area (Å²) < 4.78 is 0. The van der Waals surface area contributed by atoms with Gasteiger partial charge in [-0.2, -0.15) is 11.8 Å². The molecule has 2 aromatic heterocycles. The number of thioether (sulfide) groups is 1. The first-order valence-electron chi connectivity index (χ1n) is 5.76. The summed E-state index contributed by atoms with van der Waals surface area (Å²) in [5.74, 6) is 2.29. The second-order valence-electron chi connectivity index (χ2n) is 4.17. The molecule has 2 rings (SSSR count). The molecule has 0 saturated heterocycles. The van der Waals surface area contributed by atoms with E-state index >= 15 is 0 Å². The molecule has 2 N–H and O–H groups in total. The highest BCUT2D eigenvalue weighted by Gasteiger charge is 2.09. The average molecular weight is 267 g/mol. The van der Waals surface area contributed by atoms with Gasteiger partial charge in [0.2, 0.25) is 0 Å². The molecule has 0 radical (unpaired) electrons. The molecule has 0 saturated carbocycles. The van der Waals surface area contributed by atoms with Crippen molar-refractivity contribution >= 4 is 39.1 Å². The number of nitrogens with zero attached hydrogens (tertiary/aromatic N) is 2. The summed E-state index contributed by atoms with van der Waals surface area (Å²) in [4.78, 5) is 11.3. The molecule has 0 unspecified atom stereocenters. The van der Waals surface area contributed by atoms with E-state index in [4.69, 9.17) is 5.73 Å². The molecule has 0 aliphatic rings. The van der Waals surface area contributed by atoms with Crippen molar-refractivity contribution in [2.45, 2.75) is 38.2 Å². The molecule has 92 valence electrons. The van der Waals surface area contributed by atoms with Crippen molar-refractivity contribution in [2.24, 2.45) is 0 Å². The van der Waals surface area contributed by atoms with Crippen LogP contribution in [0.4, 0.5) is 5.82 Å². The Hall–Kier alpha value is -0.810. The Morgan fingerprint density at radius 2 is 2.18 bits per heavy atom. The van der Waals surface area contributed by atoms with Gasteiger partial charge in [-0.05, 0) is 17.7 Å². The van der Waals surface area contributed by atoms with E-state index in [0.717, 1.165) is 28.2 Å². The largest absolute Gasteiger partial charge is 0.383 e. The van der Waals surface area contributed by atoms with E-state index in [0.29, 0.717) is 11.1 Å². The van der Waals surface area contributed by atoms with Gasteiger partial charge in [0.15, 0.2) is 0 Å². The summed E-state index contributed by atoms with van der Waals surface area (Å²) in [6.07, 6.45) is 1.02. The molecule has 2 aromatic rings. The van der Waals surface area contributed by atoms with Crippen molar-refractivity contribution in [3.63, 3.8) is 0 Å². The van der Waals surface area contributed by atoms with E-state index in [2.05, 4.69) is 36.8 Å². The third kappa shape index (κ3) is 2.90. The number of aromatic nitrogens is 2. The van der Waals surface area contributed by atoms with Crippen LogP contribution in [-0.2, 0) is 12.2 Å². The molecular weight excluding hydrogens is 250 g/mol. The van der Waals surface area contributed by atoms with Gasteiger partial charge in [-0.3, -0.25) is 0 Å². The lowest BCUT2D eigenvalue weighted by molar-refractivity contribution is 1.06. The zero-order chi connectivity index (χ0) is 12.4. The number of fused-ring (bicyclic) bond motifs is 1. The van der Waals surface area contributed by atoms with E-state index in [1.807, 2.05) is 11.8 Å². The minimum atomic E-state index is 0.588. The number of anilines is 1. The van der Waals surface area contributed by atoms with Crippen LogP contribution in [0.1, 0.15) is 31.5 Å². The van der Waals surface area contributed by atoms with Crippen LogP contribution in [0.25, 0.3) is 10.2 Å². The number of rotatable bonds is 4. The van der Waals surface area contributed by atoms with Crippen LogP contribution in [0.3, 0.4) is 0 Å². The first-order chi connectivity index (χ1) is 8.10. The second-order valence-corrected chi connectivity index (χ2v) is 6.85. The summed E-state index contributed by atoms with van der Waals surface area (Å²) in [6.45, 7) is 6.49. The van der Waals surface area contributed by atoms with Crippen molar-refractivity contribution in [1.82, 2.24) is 9.97 Å². The van der Waals surface area contributed by atoms with Gasteiger partial charge in [-0.15, -0.1) is 11.3 Å². The van der Waals surface area contributed by atoms with Gasteiger partial charge in [0.05, 0.1) is 11.1 Å². The van der Waals surface area contributed by atoms with E-state index < -0.39 is 0 Å². The van der Waals surface area contributed by atoms with Crippen molar-refractivity contribution in [1.29, 1.82) is 0 Å². The molecule has 0 atom stereocenters. The average Bonchev–Trinajstić information content (AvgIpc) is 2.70. The maximum atomic E-state index is 5.98. The fourth-order valence-corrected chi connectivity index (χ4v) is 3.12. The number of nitrogens with two attached hydrogens (primary N) is 1. The molecule has 0 amide bonds. The van der Waals surface area contributed by atoms with Crippen LogP contribution in [0.2, 0.25) is 0 Å². The number of hydrogen-bond acceptors (Lipinski definition) is 5. The maximum Gasteiger partial charge on any atom is 0.142 e. The summed E-state index contributed by atoms with van der Waals surface area (Å²) in [5, 5.41) is 1.59. The SMILES string of the molecule is CCc1cc2c(N)nc(CSC(C)C)nc2s1. The molecule has 0 aliphatic heterocycles. The molecule has 5 heteroatoms.